The van der Waals surface area contributed by atoms with Gasteiger partial charge in [-0.25, -0.2) is 19.6 Å². The average Bonchev–Trinajstić information content (AvgIpc) is 2.14. The molecule has 0 saturated carbocycles. The number of alkyl halides is 3. The molecule has 4 nitrogen and oxygen atoms in total. The second-order valence-corrected chi connectivity index (χ2v) is 3.24. The molecule has 1 heterocycles. The summed E-state index contributed by atoms with van der Waals surface area (Å²) < 4.78 is 62.4. The Hall–Kier alpha value is -1.64. The lowest BCUT2D eigenvalue weighted by molar-refractivity contribution is -0.119. The fourth-order valence-electron chi connectivity index (χ4n) is 1.17. The number of nitrogens with zero attached hydrogens (tertiary/aromatic N) is 2. The molecule has 9 heteroatoms. The van der Waals surface area contributed by atoms with E-state index >= 15 is 0 Å². The van der Waals surface area contributed by atoms with Gasteiger partial charge in [0.1, 0.15) is 6.54 Å². The maximum absolute atomic E-state index is 13.2. The van der Waals surface area contributed by atoms with Gasteiger partial charge in [-0.3, -0.25) is 0 Å². The van der Waals surface area contributed by atoms with E-state index in [4.69, 9.17) is 5.84 Å². The molecule has 0 bridgehead atoms. The number of hydrogen-bond acceptors (Lipinski definition) is 4. The molecule has 0 spiro atoms. The van der Waals surface area contributed by atoms with Crippen molar-refractivity contribution in [1.29, 1.82) is 0 Å². The molecular weight excluding hydrogens is 247 g/mol. The number of nitrogen functional groups attached to an aromatic ring is 1. The molecule has 96 valence electrons. The highest BCUT2D eigenvalue weighted by molar-refractivity contribution is 5.48. The van der Waals surface area contributed by atoms with Gasteiger partial charge in [0, 0.05) is 13.1 Å². The van der Waals surface area contributed by atoms with Crippen LogP contribution in [0.2, 0.25) is 0 Å². The van der Waals surface area contributed by atoms with E-state index < -0.39 is 36.0 Å². The van der Waals surface area contributed by atoms with Crippen molar-refractivity contribution in [1.82, 2.24) is 4.98 Å². The summed E-state index contributed by atoms with van der Waals surface area (Å²) in [6, 6.07) is 0.407. The second-order valence-electron chi connectivity index (χ2n) is 3.24. The number of rotatable bonds is 3. The summed E-state index contributed by atoms with van der Waals surface area (Å²) >= 11 is 0. The Morgan fingerprint density at radius 2 is 1.94 bits per heavy atom. The van der Waals surface area contributed by atoms with Gasteiger partial charge >= 0.3 is 6.18 Å². The van der Waals surface area contributed by atoms with Gasteiger partial charge in [-0.2, -0.15) is 13.2 Å². The summed E-state index contributed by atoms with van der Waals surface area (Å²) in [5.74, 6) is 1.42. The molecule has 0 aliphatic carbocycles. The van der Waals surface area contributed by atoms with Crippen molar-refractivity contribution in [3.05, 3.63) is 17.7 Å². The van der Waals surface area contributed by atoms with Crippen LogP contribution in [0.5, 0.6) is 0 Å². The van der Waals surface area contributed by atoms with Crippen molar-refractivity contribution in [3.8, 4) is 0 Å². The van der Waals surface area contributed by atoms with E-state index in [0.29, 0.717) is 11.0 Å². The SMILES string of the molecule is CN(CC(F)(F)F)c1nc(NN)c(F)cc1F. The molecule has 0 unspecified atom stereocenters. The number of pyridine rings is 1. The monoisotopic (exact) mass is 256 g/mol. The van der Waals surface area contributed by atoms with Gasteiger partial charge in [-0.05, 0) is 0 Å². The summed E-state index contributed by atoms with van der Waals surface area (Å²) in [5.41, 5.74) is 1.82. The number of aromatic nitrogens is 1. The van der Waals surface area contributed by atoms with Gasteiger partial charge in [0.15, 0.2) is 23.3 Å². The molecule has 3 N–H and O–H groups in total. The van der Waals surface area contributed by atoms with Crippen LogP contribution in [0.4, 0.5) is 33.6 Å². The average molecular weight is 256 g/mol. The van der Waals surface area contributed by atoms with E-state index in [-0.39, 0.29) is 0 Å². The molecule has 1 aromatic heterocycles. The Bertz CT molecular complexity index is 406. The molecule has 1 rings (SSSR count). The van der Waals surface area contributed by atoms with Crippen molar-refractivity contribution in [2.24, 2.45) is 5.84 Å². The summed E-state index contributed by atoms with van der Waals surface area (Å²) in [6.45, 7) is -1.41. The van der Waals surface area contributed by atoms with E-state index in [1.165, 1.54) is 0 Å². The number of hydrogen-bond donors (Lipinski definition) is 2. The van der Waals surface area contributed by atoms with E-state index in [1.54, 1.807) is 0 Å². The first-order valence-electron chi connectivity index (χ1n) is 4.35. The fourth-order valence-corrected chi connectivity index (χ4v) is 1.17. The van der Waals surface area contributed by atoms with Gasteiger partial charge in [-0.1, -0.05) is 0 Å². The molecule has 0 saturated heterocycles. The summed E-state index contributed by atoms with van der Waals surface area (Å²) in [5, 5.41) is 0. The number of nitrogens with two attached hydrogens (primary N) is 1. The summed E-state index contributed by atoms with van der Waals surface area (Å²) in [6.07, 6.45) is -4.52. The highest BCUT2D eigenvalue weighted by atomic mass is 19.4. The Morgan fingerprint density at radius 3 is 2.41 bits per heavy atom. The Labute approximate surface area is 93.2 Å². The molecule has 0 fully saturated rings. The fraction of sp³-hybridized carbons (Fsp3) is 0.375. The number of anilines is 2. The van der Waals surface area contributed by atoms with Crippen LogP contribution in [0, 0.1) is 11.6 Å². The standard InChI is InChI=1S/C8H9F5N4/c1-17(3-8(11,12)13)7-5(10)2-4(9)6(15-7)16-14/h2H,3,14H2,1H3,(H,15,16). The summed E-state index contributed by atoms with van der Waals surface area (Å²) in [7, 11) is 0.983. The highest BCUT2D eigenvalue weighted by Crippen LogP contribution is 2.24. The molecule has 0 amide bonds. The van der Waals surface area contributed by atoms with Gasteiger partial charge < -0.3 is 10.3 Å². The lowest BCUT2D eigenvalue weighted by Crippen LogP contribution is -2.32. The molecule has 1 aromatic rings. The zero-order valence-electron chi connectivity index (χ0n) is 8.65. The first kappa shape index (κ1) is 13.4. The van der Waals surface area contributed by atoms with Crippen molar-refractivity contribution in [3.63, 3.8) is 0 Å². The lowest BCUT2D eigenvalue weighted by atomic mass is 10.3. The van der Waals surface area contributed by atoms with Crippen LogP contribution in [0.15, 0.2) is 6.07 Å². The zero-order chi connectivity index (χ0) is 13.2. The molecule has 0 aromatic carbocycles. The van der Waals surface area contributed by atoms with Gasteiger partial charge in [0.2, 0.25) is 0 Å². The second kappa shape index (κ2) is 4.70. The molecule has 0 radical (unpaired) electrons. The van der Waals surface area contributed by atoms with Crippen LogP contribution in [0.25, 0.3) is 0 Å². The number of halogens is 5. The molecule has 0 aliphatic rings. The highest BCUT2D eigenvalue weighted by Gasteiger charge is 2.31. The van der Waals surface area contributed by atoms with E-state index in [9.17, 15) is 22.0 Å². The van der Waals surface area contributed by atoms with Crippen LogP contribution in [0.3, 0.4) is 0 Å². The lowest BCUT2D eigenvalue weighted by Gasteiger charge is -2.20. The number of hydrazine groups is 1. The van der Waals surface area contributed by atoms with Crippen molar-refractivity contribution in [2.45, 2.75) is 6.18 Å². The third-order valence-electron chi connectivity index (χ3n) is 1.83. The van der Waals surface area contributed by atoms with Crippen molar-refractivity contribution >= 4 is 11.6 Å². The van der Waals surface area contributed by atoms with Crippen LogP contribution in [-0.4, -0.2) is 24.8 Å². The Kier molecular flexibility index (Phi) is 3.71. The summed E-state index contributed by atoms with van der Waals surface area (Å²) in [4.78, 5) is 3.82. The maximum Gasteiger partial charge on any atom is 0.405 e. The molecular formula is C8H9F5N4. The Morgan fingerprint density at radius 1 is 1.35 bits per heavy atom. The minimum absolute atomic E-state index is 0.407. The van der Waals surface area contributed by atoms with E-state index in [0.717, 1.165) is 7.05 Å². The quantitative estimate of drug-likeness (QED) is 0.490. The normalized spacial score (nSPS) is 11.5. The minimum atomic E-state index is -4.52. The Balaban J connectivity index is 3.05. The first-order valence-corrected chi connectivity index (χ1v) is 4.35. The third-order valence-corrected chi connectivity index (χ3v) is 1.83. The van der Waals surface area contributed by atoms with Crippen LogP contribution in [0.1, 0.15) is 0 Å². The molecule has 0 atom stereocenters. The van der Waals surface area contributed by atoms with Gasteiger partial charge in [0.25, 0.3) is 0 Å². The van der Waals surface area contributed by atoms with Crippen LogP contribution < -0.4 is 16.2 Å². The van der Waals surface area contributed by atoms with Gasteiger partial charge in [0.05, 0.1) is 0 Å². The van der Waals surface area contributed by atoms with Crippen LogP contribution in [-0.2, 0) is 0 Å². The molecule has 17 heavy (non-hydrogen) atoms. The predicted octanol–water partition coefficient (Wildman–Crippen LogP) is 1.64. The predicted molar refractivity (Wildman–Crippen MR) is 51.3 cm³/mol. The number of nitrogens with one attached hydrogen (secondary N) is 1. The van der Waals surface area contributed by atoms with Crippen LogP contribution >= 0.6 is 0 Å². The van der Waals surface area contributed by atoms with E-state index in [1.807, 2.05) is 5.43 Å². The minimum Gasteiger partial charge on any atom is -0.348 e. The third kappa shape index (κ3) is 3.41. The van der Waals surface area contributed by atoms with Crippen molar-refractivity contribution < 1.29 is 22.0 Å². The smallest absolute Gasteiger partial charge is 0.348 e. The maximum atomic E-state index is 13.2. The largest absolute Gasteiger partial charge is 0.405 e. The molecule has 0 aliphatic heterocycles. The van der Waals surface area contributed by atoms with Gasteiger partial charge in [-0.15, -0.1) is 0 Å². The van der Waals surface area contributed by atoms with E-state index in [2.05, 4.69) is 4.98 Å². The topological polar surface area (TPSA) is 54.2 Å². The zero-order valence-corrected chi connectivity index (χ0v) is 8.65. The first-order chi connectivity index (χ1) is 7.74. The van der Waals surface area contributed by atoms with Crippen molar-refractivity contribution in [2.75, 3.05) is 23.9 Å².